The second-order valence-electron chi connectivity index (χ2n) is 5.62. The number of hydrogen-bond donors (Lipinski definition) is 1. The maximum absolute atomic E-state index is 12.4. The number of carbonyl (C=O) groups excluding carboxylic acids is 1. The molecule has 0 saturated carbocycles. The van der Waals surface area contributed by atoms with Crippen molar-refractivity contribution in [2.75, 3.05) is 14.2 Å². The molecular formula is C19H23NO3. The number of hydrogen-bond acceptors (Lipinski definition) is 3. The van der Waals surface area contributed by atoms with Gasteiger partial charge in [0.1, 0.15) is 11.5 Å². The fourth-order valence-corrected chi connectivity index (χ4v) is 2.54. The van der Waals surface area contributed by atoms with E-state index in [1.807, 2.05) is 26.0 Å². The molecule has 122 valence electrons. The van der Waals surface area contributed by atoms with Crippen LogP contribution < -0.4 is 14.8 Å². The van der Waals surface area contributed by atoms with Crippen molar-refractivity contribution in [3.63, 3.8) is 0 Å². The molecule has 1 N–H and O–H groups in total. The Morgan fingerprint density at radius 3 is 2.13 bits per heavy atom. The predicted molar refractivity (Wildman–Crippen MR) is 91.4 cm³/mol. The largest absolute Gasteiger partial charge is 0.496 e. The van der Waals surface area contributed by atoms with Crippen molar-refractivity contribution in [1.82, 2.24) is 5.32 Å². The molecule has 0 radical (unpaired) electrons. The minimum Gasteiger partial charge on any atom is -0.496 e. The first-order valence-corrected chi connectivity index (χ1v) is 7.53. The smallest absolute Gasteiger partial charge is 0.251 e. The number of ether oxygens (including phenoxy) is 2. The zero-order valence-corrected chi connectivity index (χ0v) is 14.3. The number of benzene rings is 2. The normalized spacial score (nSPS) is 10.3. The van der Waals surface area contributed by atoms with Gasteiger partial charge in [-0.1, -0.05) is 23.8 Å². The molecule has 2 aromatic carbocycles. The topological polar surface area (TPSA) is 47.6 Å². The van der Waals surface area contributed by atoms with Crippen LogP contribution in [-0.4, -0.2) is 20.1 Å². The fraction of sp³-hybridized carbons (Fsp3) is 0.316. The van der Waals surface area contributed by atoms with Gasteiger partial charge < -0.3 is 14.8 Å². The Hall–Kier alpha value is -2.49. The zero-order valence-electron chi connectivity index (χ0n) is 14.3. The molecule has 0 aliphatic carbocycles. The van der Waals surface area contributed by atoms with E-state index in [1.165, 1.54) is 11.1 Å². The van der Waals surface area contributed by atoms with Crippen molar-refractivity contribution in [3.05, 3.63) is 58.1 Å². The highest BCUT2D eigenvalue weighted by atomic mass is 16.5. The molecule has 23 heavy (non-hydrogen) atoms. The molecule has 2 aromatic rings. The molecule has 0 aliphatic heterocycles. The van der Waals surface area contributed by atoms with Crippen LogP contribution in [0.2, 0.25) is 0 Å². The van der Waals surface area contributed by atoms with Crippen molar-refractivity contribution in [2.45, 2.75) is 27.3 Å². The molecule has 4 nitrogen and oxygen atoms in total. The molecule has 0 saturated heterocycles. The summed E-state index contributed by atoms with van der Waals surface area (Å²) in [6.45, 7) is 6.49. The van der Waals surface area contributed by atoms with E-state index in [0.29, 0.717) is 23.6 Å². The average molecular weight is 313 g/mol. The molecule has 0 heterocycles. The Morgan fingerprint density at radius 2 is 1.61 bits per heavy atom. The van der Waals surface area contributed by atoms with E-state index in [-0.39, 0.29) is 5.91 Å². The first-order valence-electron chi connectivity index (χ1n) is 7.53. The molecule has 4 heteroatoms. The van der Waals surface area contributed by atoms with Crippen LogP contribution in [0, 0.1) is 20.8 Å². The second-order valence-corrected chi connectivity index (χ2v) is 5.62. The molecule has 0 bridgehead atoms. The summed E-state index contributed by atoms with van der Waals surface area (Å²) in [6.07, 6.45) is 0. The van der Waals surface area contributed by atoms with Crippen LogP contribution in [0.3, 0.4) is 0 Å². The van der Waals surface area contributed by atoms with Crippen LogP contribution in [0.25, 0.3) is 0 Å². The minimum atomic E-state index is -0.151. The summed E-state index contributed by atoms with van der Waals surface area (Å²) in [5.41, 5.74) is 4.89. The van der Waals surface area contributed by atoms with Gasteiger partial charge in [0.15, 0.2) is 0 Å². The van der Waals surface area contributed by atoms with Crippen LogP contribution in [0.1, 0.15) is 32.6 Å². The van der Waals surface area contributed by atoms with E-state index in [4.69, 9.17) is 9.47 Å². The highest BCUT2D eigenvalue weighted by molar-refractivity contribution is 5.95. The van der Waals surface area contributed by atoms with Gasteiger partial charge in [-0.25, -0.2) is 0 Å². The summed E-state index contributed by atoms with van der Waals surface area (Å²) in [4.78, 5) is 12.4. The maximum atomic E-state index is 12.4. The van der Waals surface area contributed by atoms with Crippen LogP contribution in [0.4, 0.5) is 0 Å². The van der Waals surface area contributed by atoms with Crippen LogP contribution in [0.15, 0.2) is 30.3 Å². The summed E-state index contributed by atoms with van der Waals surface area (Å²) in [6, 6.07) is 9.66. The first kappa shape index (κ1) is 16.9. The number of amides is 1. The zero-order chi connectivity index (χ0) is 17.0. The second kappa shape index (κ2) is 7.18. The van der Waals surface area contributed by atoms with E-state index in [9.17, 15) is 4.79 Å². The Balaban J connectivity index is 2.17. The lowest BCUT2D eigenvalue weighted by Crippen LogP contribution is -2.23. The SMILES string of the molecule is COc1cc(C(=O)NCc2ccc(C)cc2C)cc(OC)c1C. The van der Waals surface area contributed by atoms with Gasteiger partial charge in [-0.3, -0.25) is 4.79 Å². The van der Waals surface area contributed by atoms with Crippen LogP contribution >= 0.6 is 0 Å². The van der Waals surface area contributed by atoms with Gasteiger partial charge in [0, 0.05) is 17.7 Å². The van der Waals surface area contributed by atoms with Gasteiger partial charge in [0.05, 0.1) is 14.2 Å². The third-order valence-corrected chi connectivity index (χ3v) is 3.95. The quantitative estimate of drug-likeness (QED) is 0.918. The molecule has 2 rings (SSSR count). The minimum absolute atomic E-state index is 0.151. The van der Waals surface area contributed by atoms with Crippen molar-refractivity contribution < 1.29 is 14.3 Å². The summed E-state index contributed by atoms with van der Waals surface area (Å²) >= 11 is 0. The summed E-state index contributed by atoms with van der Waals surface area (Å²) in [5, 5.41) is 2.95. The maximum Gasteiger partial charge on any atom is 0.251 e. The molecule has 1 amide bonds. The number of nitrogens with one attached hydrogen (secondary N) is 1. The van der Waals surface area contributed by atoms with Crippen molar-refractivity contribution in [2.24, 2.45) is 0 Å². The monoisotopic (exact) mass is 313 g/mol. The van der Waals surface area contributed by atoms with E-state index in [1.54, 1.807) is 26.4 Å². The van der Waals surface area contributed by atoms with E-state index in [2.05, 4.69) is 18.3 Å². The Bertz CT molecular complexity index is 698. The number of aryl methyl sites for hydroxylation is 2. The Labute approximate surface area is 137 Å². The van der Waals surface area contributed by atoms with Gasteiger partial charge in [-0.05, 0) is 44.0 Å². The standard InChI is InChI=1S/C19H23NO3/c1-12-6-7-15(13(2)8-12)11-20-19(21)16-9-17(22-4)14(3)18(10-16)23-5/h6-10H,11H2,1-5H3,(H,20,21). The number of rotatable bonds is 5. The molecule has 0 atom stereocenters. The van der Waals surface area contributed by atoms with Gasteiger partial charge in [-0.2, -0.15) is 0 Å². The van der Waals surface area contributed by atoms with E-state index in [0.717, 1.165) is 11.1 Å². The number of carbonyl (C=O) groups is 1. The van der Waals surface area contributed by atoms with Gasteiger partial charge >= 0.3 is 0 Å². The van der Waals surface area contributed by atoms with E-state index >= 15 is 0 Å². The predicted octanol–water partition coefficient (Wildman–Crippen LogP) is 3.56. The van der Waals surface area contributed by atoms with Gasteiger partial charge in [-0.15, -0.1) is 0 Å². The molecule has 0 unspecified atom stereocenters. The average Bonchev–Trinajstić information content (AvgIpc) is 2.54. The molecule has 0 fully saturated rings. The lowest BCUT2D eigenvalue weighted by Gasteiger charge is -2.13. The molecule has 0 spiro atoms. The third kappa shape index (κ3) is 3.83. The summed E-state index contributed by atoms with van der Waals surface area (Å²) in [5.74, 6) is 1.13. The van der Waals surface area contributed by atoms with E-state index < -0.39 is 0 Å². The van der Waals surface area contributed by atoms with Crippen LogP contribution in [-0.2, 0) is 6.54 Å². The van der Waals surface area contributed by atoms with Crippen molar-refractivity contribution in [1.29, 1.82) is 0 Å². The highest BCUT2D eigenvalue weighted by Gasteiger charge is 2.13. The third-order valence-electron chi connectivity index (χ3n) is 3.95. The summed E-state index contributed by atoms with van der Waals surface area (Å²) < 4.78 is 10.6. The molecule has 0 aromatic heterocycles. The van der Waals surface area contributed by atoms with Gasteiger partial charge in [0.25, 0.3) is 5.91 Å². The van der Waals surface area contributed by atoms with Crippen molar-refractivity contribution in [3.8, 4) is 11.5 Å². The lowest BCUT2D eigenvalue weighted by molar-refractivity contribution is 0.0950. The van der Waals surface area contributed by atoms with Crippen LogP contribution in [0.5, 0.6) is 11.5 Å². The highest BCUT2D eigenvalue weighted by Crippen LogP contribution is 2.29. The summed E-state index contributed by atoms with van der Waals surface area (Å²) in [7, 11) is 3.16. The molecular weight excluding hydrogens is 290 g/mol. The first-order chi connectivity index (χ1) is 11.0. The Kier molecular flexibility index (Phi) is 5.27. The number of methoxy groups -OCH3 is 2. The lowest BCUT2D eigenvalue weighted by atomic mass is 10.1. The Morgan fingerprint density at radius 1 is 1.00 bits per heavy atom. The fourth-order valence-electron chi connectivity index (χ4n) is 2.54. The molecule has 0 aliphatic rings. The van der Waals surface area contributed by atoms with Gasteiger partial charge in [0.2, 0.25) is 0 Å². The van der Waals surface area contributed by atoms with Crippen molar-refractivity contribution >= 4 is 5.91 Å².